The zero-order valence-corrected chi connectivity index (χ0v) is 15.9. The molecule has 11 heteroatoms. The normalized spacial score (nSPS) is 12.1. The number of alkyl halides is 6. The van der Waals surface area contributed by atoms with Crippen molar-refractivity contribution < 1.29 is 35.6 Å². The predicted octanol–water partition coefficient (Wildman–Crippen LogP) is 5.51. The van der Waals surface area contributed by atoms with Crippen molar-refractivity contribution in [1.29, 1.82) is 0 Å². The lowest BCUT2D eigenvalue weighted by Gasteiger charge is -2.13. The topological polar surface area (TPSA) is 68.0 Å². The molecule has 3 aromatic rings. The van der Waals surface area contributed by atoms with E-state index in [0.29, 0.717) is 12.1 Å². The molecule has 1 heterocycles. The second-order valence-corrected chi connectivity index (χ2v) is 6.60. The summed E-state index contributed by atoms with van der Waals surface area (Å²) in [5.41, 5.74) is -2.09. The highest BCUT2D eigenvalue weighted by atomic mass is 19.4. The van der Waals surface area contributed by atoms with Gasteiger partial charge in [-0.15, -0.1) is 5.10 Å². The van der Waals surface area contributed by atoms with Crippen LogP contribution >= 0.6 is 0 Å². The number of benzene rings is 2. The molecule has 3 rings (SSSR count). The van der Waals surface area contributed by atoms with E-state index in [1.165, 1.54) is 0 Å². The number of amides is 1. The molecule has 0 fully saturated rings. The number of carbonyl (C=O) groups excluding carboxylic acids is 1. The van der Waals surface area contributed by atoms with Gasteiger partial charge >= 0.3 is 18.4 Å². The molecule has 2 aromatic carbocycles. The van der Waals surface area contributed by atoms with Gasteiger partial charge in [-0.05, 0) is 35.7 Å². The Kier molecular flexibility index (Phi) is 6.05. The molecule has 0 aliphatic heterocycles. The number of nitrogens with zero attached hydrogens (tertiary/aromatic N) is 2. The van der Waals surface area contributed by atoms with Crippen LogP contribution in [0.25, 0.3) is 0 Å². The van der Waals surface area contributed by atoms with Gasteiger partial charge in [0.2, 0.25) is 5.89 Å². The molecule has 0 spiro atoms. The van der Waals surface area contributed by atoms with Crippen molar-refractivity contribution in [3.05, 3.63) is 76.2 Å². The molecule has 31 heavy (non-hydrogen) atoms. The molecule has 0 saturated heterocycles. The average molecular weight is 443 g/mol. The fourth-order valence-corrected chi connectivity index (χ4v) is 2.70. The molecule has 0 bridgehead atoms. The first kappa shape index (κ1) is 22.3. The van der Waals surface area contributed by atoms with Gasteiger partial charge in [0, 0.05) is 5.56 Å². The Hall–Kier alpha value is -3.37. The Morgan fingerprint density at radius 2 is 1.45 bits per heavy atom. The van der Waals surface area contributed by atoms with Gasteiger partial charge in [-0.25, -0.2) is 0 Å². The fourth-order valence-electron chi connectivity index (χ4n) is 2.70. The van der Waals surface area contributed by atoms with Crippen LogP contribution in [0.5, 0.6) is 0 Å². The highest BCUT2D eigenvalue weighted by Gasteiger charge is 2.37. The van der Waals surface area contributed by atoms with Crippen LogP contribution in [0.2, 0.25) is 0 Å². The fraction of sp³-hybridized carbons (Fsp3) is 0.250. The van der Waals surface area contributed by atoms with Crippen molar-refractivity contribution in [2.45, 2.75) is 32.1 Å². The van der Waals surface area contributed by atoms with E-state index in [4.69, 9.17) is 4.42 Å². The molecule has 0 radical (unpaired) electrons. The number of aryl methyl sites for hydroxylation is 1. The molecule has 0 unspecified atom stereocenters. The van der Waals surface area contributed by atoms with Crippen LogP contribution in [0.3, 0.4) is 0 Å². The van der Waals surface area contributed by atoms with Crippen LogP contribution in [0.1, 0.15) is 45.4 Å². The van der Waals surface area contributed by atoms with Gasteiger partial charge in [-0.2, -0.15) is 26.3 Å². The zero-order chi connectivity index (χ0) is 22.8. The minimum absolute atomic E-state index is 0.0641. The Morgan fingerprint density at radius 3 is 1.97 bits per heavy atom. The molecule has 164 valence electrons. The van der Waals surface area contributed by atoms with Crippen LogP contribution in [0.15, 0.2) is 46.9 Å². The zero-order valence-electron chi connectivity index (χ0n) is 15.9. The number of hydrogen-bond donors (Lipinski definition) is 1. The van der Waals surface area contributed by atoms with Crippen molar-refractivity contribution in [2.75, 3.05) is 5.32 Å². The van der Waals surface area contributed by atoms with Gasteiger partial charge in [0.1, 0.15) is 0 Å². The van der Waals surface area contributed by atoms with E-state index in [0.717, 1.165) is 17.5 Å². The number of nitrogens with one attached hydrogen (secondary N) is 1. The highest BCUT2D eigenvalue weighted by Crippen LogP contribution is 2.36. The van der Waals surface area contributed by atoms with Gasteiger partial charge in [0.05, 0.1) is 17.5 Å². The summed E-state index contributed by atoms with van der Waals surface area (Å²) in [6.45, 7) is 2.00. The lowest BCUT2D eigenvalue weighted by atomic mass is 10.0. The number of anilines is 1. The Labute approximate surface area is 172 Å². The van der Waals surface area contributed by atoms with E-state index in [-0.39, 0.29) is 18.4 Å². The first-order valence-corrected chi connectivity index (χ1v) is 8.96. The third kappa shape index (κ3) is 5.62. The van der Waals surface area contributed by atoms with Crippen LogP contribution in [0.4, 0.5) is 32.4 Å². The number of halogens is 6. The van der Waals surface area contributed by atoms with E-state index < -0.39 is 41.0 Å². The molecule has 0 aliphatic carbocycles. The number of carbonyl (C=O) groups is 1. The van der Waals surface area contributed by atoms with Crippen LogP contribution < -0.4 is 5.32 Å². The monoisotopic (exact) mass is 443 g/mol. The van der Waals surface area contributed by atoms with E-state index in [1.54, 1.807) is 0 Å². The molecule has 1 amide bonds. The molecular weight excluding hydrogens is 428 g/mol. The summed E-state index contributed by atoms with van der Waals surface area (Å²) in [7, 11) is 0. The van der Waals surface area contributed by atoms with Crippen molar-refractivity contribution in [3.63, 3.8) is 0 Å². The lowest BCUT2D eigenvalue weighted by molar-refractivity contribution is -0.143. The molecular formula is C20H15F6N3O2. The summed E-state index contributed by atoms with van der Waals surface area (Å²) in [4.78, 5) is 12.2. The van der Waals surface area contributed by atoms with Crippen molar-refractivity contribution in [3.8, 4) is 0 Å². The van der Waals surface area contributed by atoms with Crippen molar-refractivity contribution in [2.24, 2.45) is 0 Å². The SMILES string of the molecule is CCc1ccc(Cc2nnc(NC(=O)c3cc(C(F)(F)F)cc(C(F)(F)F)c3)o2)cc1. The Balaban J connectivity index is 1.78. The summed E-state index contributed by atoms with van der Waals surface area (Å²) in [6.07, 6.45) is -9.04. The predicted molar refractivity (Wildman–Crippen MR) is 97.3 cm³/mol. The van der Waals surface area contributed by atoms with Gasteiger partial charge in [0.25, 0.3) is 5.91 Å². The third-order valence-electron chi connectivity index (χ3n) is 4.32. The number of hydrogen-bond acceptors (Lipinski definition) is 4. The van der Waals surface area contributed by atoms with E-state index in [9.17, 15) is 31.1 Å². The lowest BCUT2D eigenvalue weighted by Crippen LogP contribution is -2.17. The van der Waals surface area contributed by atoms with Gasteiger partial charge in [-0.1, -0.05) is 36.3 Å². The van der Waals surface area contributed by atoms with Crippen LogP contribution in [-0.2, 0) is 25.2 Å². The Morgan fingerprint density at radius 1 is 0.903 bits per heavy atom. The second kappa shape index (κ2) is 8.40. The molecule has 1 N–H and O–H groups in total. The highest BCUT2D eigenvalue weighted by molar-refractivity contribution is 6.03. The third-order valence-corrected chi connectivity index (χ3v) is 4.32. The maximum absolute atomic E-state index is 12.9. The molecule has 0 atom stereocenters. The van der Waals surface area contributed by atoms with Crippen LogP contribution in [0, 0.1) is 0 Å². The summed E-state index contributed by atoms with van der Waals surface area (Å²) < 4.78 is 82.9. The molecule has 0 aliphatic rings. The molecule has 5 nitrogen and oxygen atoms in total. The van der Waals surface area contributed by atoms with Crippen LogP contribution in [-0.4, -0.2) is 16.1 Å². The summed E-state index contributed by atoms with van der Waals surface area (Å²) in [5.74, 6) is -1.14. The van der Waals surface area contributed by atoms with Gasteiger partial charge in [-0.3, -0.25) is 10.1 Å². The standard InChI is InChI=1S/C20H15F6N3O2/c1-2-11-3-5-12(6-4-11)7-16-28-29-18(31-16)27-17(30)13-8-14(19(21,22)23)10-15(9-13)20(24,25)26/h3-6,8-10H,2,7H2,1H3,(H,27,29,30). The first-order chi connectivity index (χ1) is 14.5. The minimum atomic E-state index is -5.07. The van der Waals surface area contributed by atoms with Gasteiger partial charge in [0.15, 0.2) is 0 Å². The molecule has 1 aromatic heterocycles. The largest absolute Gasteiger partial charge is 0.416 e. The number of aromatic nitrogens is 2. The summed E-state index contributed by atoms with van der Waals surface area (Å²) >= 11 is 0. The Bertz CT molecular complexity index is 1040. The maximum Gasteiger partial charge on any atom is 0.416 e. The van der Waals surface area contributed by atoms with Crippen molar-refractivity contribution >= 4 is 11.9 Å². The second-order valence-electron chi connectivity index (χ2n) is 6.60. The quantitative estimate of drug-likeness (QED) is 0.528. The van der Waals surface area contributed by atoms with E-state index in [2.05, 4.69) is 10.2 Å². The maximum atomic E-state index is 12.9. The average Bonchev–Trinajstić information content (AvgIpc) is 3.13. The minimum Gasteiger partial charge on any atom is -0.407 e. The first-order valence-electron chi connectivity index (χ1n) is 8.96. The smallest absolute Gasteiger partial charge is 0.407 e. The summed E-state index contributed by atoms with van der Waals surface area (Å²) in [6, 6.07) is 7.65. The molecule has 0 saturated carbocycles. The van der Waals surface area contributed by atoms with E-state index >= 15 is 0 Å². The number of rotatable bonds is 5. The summed E-state index contributed by atoms with van der Waals surface area (Å²) in [5, 5.41) is 9.31. The van der Waals surface area contributed by atoms with Crippen molar-refractivity contribution in [1.82, 2.24) is 10.2 Å². The van der Waals surface area contributed by atoms with Gasteiger partial charge < -0.3 is 4.42 Å². The van der Waals surface area contributed by atoms with E-state index in [1.807, 2.05) is 36.5 Å².